The van der Waals surface area contributed by atoms with Crippen molar-refractivity contribution < 1.29 is 4.79 Å². The van der Waals surface area contributed by atoms with Crippen molar-refractivity contribution in [1.82, 2.24) is 9.97 Å². The predicted octanol–water partition coefficient (Wildman–Crippen LogP) is 8.61. The van der Waals surface area contributed by atoms with Crippen molar-refractivity contribution in [2.75, 3.05) is 5.32 Å². The molecule has 1 saturated carbocycles. The largest absolute Gasteiger partial charge is 0.301 e. The van der Waals surface area contributed by atoms with Crippen LogP contribution >= 0.6 is 11.3 Å². The molecule has 0 aliphatic heterocycles. The lowest BCUT2D eigenvalue weighted by molar-refractivity contribution is -0.137. The van der Waals surface area contributed by atoms with Crippen LogP contribution in [0.5, 0.6) is 0 Å². The molecule has 2 aromatic heterocycles. The van der Waals surface area contributed by atoms with E-state index in [9.17, 15) is 4.79 Å². The van der Waals surface area contributed by atoms with Gasteiger partial charge >= 0.3 is 0 Å². The summed E-state index contributed by atoms with van der Waals surface area (Å²) in [5.74, 6) is 0.908. The Morgan fingerprint density at radius 3 is 2.22 bits per heavy atom. The summed E-state index contributed by atoms with van der Waals surface area (Å²) in [5.41, 5.74) is 1.58. The molecule has 1 N–H and O–H groups in total. The second-order valence-electron chi connectivity index (χ2n) is 9.93. The normalized spacial score (nSPS) is 14.4. The topological polar surface area (TPSA) is 54.9 Å². The summed E-state index contributed by atoms with van der Waals surface area (Å²) in [6, 6.07) is 3.86. The maximum absolute atomic E-state index is 12.8. The fourth-order valence-corrected chi connectivity index (χ4v) is 4.56. The zero-order valence-corrected chi connectivity index (χ0v) is 22.4. The third-order valence-corrected chi connectivity index (χ3v) is 7.03. The van der Waals surface area contributed by atoms with Crippen LogP contribution < -0.4 is 5.32 Å². The first-order valence-electron chi connectivity index (χ1n) is 12.3. The molecule has 3 rings (SSSR count). The van der Waals surface area contributed by atoms with Gasteiger partial charge in [0.15, 0.2) is 5.13 Å². The van der Waals surface area contributed by atoms with Gasteiger partial charge in [0.05, 0.1) is 5.69 Å². The highest BCUT2D eigenvalue weighted by Crippen LogP contribution is 2.56. The summed E-state index contributed by atoms with van der Waals surface area (Å²) in [4.78, 5) is 21.5. The Morgan fingerprint density at radius 1 is 1.19 bits per heavy atom. The summed E-state index contributed by atoms with van der Waals surface area (Å²) in [6.45, 7) is 17.3. The van der Waals surface area contributed by atoms with E-state index in [4.69, 9.17) is 0 Å². The summed E-state index contributed by atoms with van der Waals surface area (Å²) in [7, 11) is 0. The summed E-state index contributed by atoms with van der Waals surface area (Å²) in [6.07, 6.45) is 12.2. The minimum Gasteiger partial charge on any atom is -0.301 e. The second kappa shape index (κ2) is 13.7. The van der Waals surface area contributed by atoms with E-state index < -0.39 is 0 Å². The van der Waals surface area contributed by atoms with Crippen molar-refractivity contribution in [3.63, 3.8) is 0 Å². The summed E-state index contributed by atoms with van der Waals surface area (Å²) in [5, 5.41) is 5.65. The van der Waals surface area contributed by atoms with Gasteiger partial charge in [-0.05, 0) is 42.7 Å². The third-order valence-electron chi connectivity index (χ3n) is 6.27. The lowest BCUT2D eigenvalue weighted by Crippen LogP contribution is -2.50. The Bertz CT molecular complexity index is 769. The number of amides is 1. The number of hydrogen-bond donors (Lipinski definition) is 1. The third kappa shape index (κ3) is 7.99. The van der Waals surface area contributed by atoms with Gasteiger partial charge in [-0.3, -0.25) is 9.78 Å². The van der Waals surface area contributed by atoms with Gasteiger partial charge in [0.25, 0.3) is 0 Å². The van der Waals surface area contributed by atoms with E-state index in [-0.39, 0.29) is 16.7 Å². The molecule has 1 fully saturated rings. The predicted molar refractivity (Wildman–Crippen MR) is 140 cm³/mol. The quantitative estimate of drug-likeness (QED) is 0.451. The fourth-order valence-electron chi connectivity index (χ4n) is 3.85. The SMILES string of the molecule is CC(C)C.CCC1(C(C)(C)C(=O)Nc2nc(-c3cccnc3)cs2)CCC1.CCCCC. The van der Waals surface area contributed by atoms with Crippen molar-refractivity contribution in [2.24, 2.45) is 16.7 Å². The molecule has 0 atom stereocenters. The first-order valence-corrected chi connectivity index (χ1v) is 13.2. The van der Waals surface area contributed by atoms with Gasteiger partial charge in [0.1, 0.15) is 0 Å². The van der Waals surface area contributed by atoms with E-state index in [1.54, 1.807) is 12.4 Å². The number of nitrogens with one attached hydrogen (secondary N) is 1. The van der Waals surface area contributed by atoms with Crippen molar-refractivity contribution >= 4 is 22.4 Å². The Hall–Kier alpha value is -1.75. The molecule has 0 unspecified atom stereocenters. The van der Waals surface area contributed by atoms with Crippen LogP contribution in [0.1, 0.15) is 100 Å². The van der Waals surface area contributed by atoms with E-state index in [1.165, 1.54) is 37.0 Å². The Labute approximate surface area is 200 Å². The molecule has 1 aliphatic carbocycles. The zero-order valence-electron chi connectivity index (χ0n) is 21.6. The first kappa shape index (κ1) is 28.3. The number of carbonyl (C=O) groups is 1. The van der Waals surface area contributed by atoms with Crippen LogP contribution in [0.25, 0.3) is 11.3 Å². The number of anilines is 1. The minimum atomic E-state index is -0.375. The maximum Gasteiger partial charge on any atom is 0.232 e. The number of rotatable bonds is 7. The highest BCUT2D eigenvalue weighted by molar-refractivity contribution is 7.14. The highest BCUT2D eigenvalue weighted by Gasteiger charge is 2.52. The van der Waals surface area contributed by atoms with E-state index in [0.717, 1.165) is 36.4 Å². The van der Waals surface area contributed by atoms with Crippen molar-refractivity contribution in [1.29, 1.82) is 0 Å². The van der Waals surface area contributed by atoms with Gasteiger partial charge in [-0.2, -0.15) is 0 Å². The van der Waals surface area contributed by atoms with Crippen LogP contribution in [0.15, 0.2) is 29.9 Å². The van der Waals surface area contributed by atoms with Gasteiger partial charge < -0.3 is 5.32 Å². The number of unbranched alkanes of at least 4 members (excludes halogenated alkanes) is 2. The number of nitrogens with zero attached hydrogens (tertiary/aromatic N) is 2. The van der Waals surface area contributed by atoms with E-state index in [1.807, 2.05) is 17.5 Å². The molecule has 0 bridgehead atoms. The van der Waals surface area contributed by atoms with Gasteiger partial charge in [-0.25, -0.2) is 4.98 Å². The Balaban J connectivity index is 0.000000485. The first-order chi connectivity index (χ1) is 15.1. The molecule has 5 heteroatoms. The molecule has 0 spiro atoms. The average Bonchev–Trinajstić information content (AvgIpc) is 3.17. The highest BCUT2D eigenvalue weighted by atomic mass is 32.1. The van der Waals surface area contributed by atoms with E-state index in [2.05, 4.69) is 70.7 Å². The van der Waals surface area contributed by atoms with Gasteiger partial charge in [-0.15, -0.1) is 11.3 Å². The average molecular weight is 460 g/mol. The minimum absolute atomic E-state index is 0.0751. The van der Waals surface area contributed by atoms with Crippen LogP contribution in [-0.4, -0.2) is 15.9 Å². The number of hydrogen-bond acceptors (Lipinski definition) is 4. The molecule has 4 nitrogen and oxygen atoms in total. The lowest BCUT2D eigenvalue weighted by atomic mass is 9.53. The summed E-state index contributed by atoms with van der Waals surface area (Å²) >= 11 is 1.46. The van der Waals surface area contributed by atoms with E-state index in [0.29, 0.717) is 5.13 Å². The number of pyridine rings is 1. The second-order valence-corrected chi connectivity index (χ2v) is 10.8. The number of aromatic nitrogens is 2. The monoisotopic (exact) mass is 459 g/mol. The molecule has 1 amide bonds. The van der Waals surface area contributed by atoms with E-state index >= 15 is 0 Å². The molecule has 2 heterocycles. The smallest absolute Gasteiger partial charge is 0.232 e. The van der Waals surface area contributed by atoms with Crippen LogP contribution in [0.2, 0.25) is 0 Å². The molecule has 0 radical (unpaired) electrons. The molecular weight excluding hydrogens is 414 g/mol. The molecule has 1 aliphatic rings. The maximum atomic E-state index is 12.8. The van der Waals surface area contributed by atoms with Crippen LogP contribution in [0, 0.1) is 16.7 Å². The Morgan fingerprint density at radius 2 is 1.81 bits per heavy atom. The molecular formula is C27H45N3OS. The molecule has 0 saturated heterocycles. The standard InChI is InChI=1S/C18H23N3OS.C5H12.C4H10/c1-4-18(8-6-9-18)17(2,3)15(22)21-16-20-14(12-23-16)13-7-5-10-19-11-13;1-3-5-4-2;1-4(2)3/h5,7,10-12H,4,6,8-9H2,1-3H3,(H,20,21,22);3-5H2,1-2H3;4H,1-3H3. The number of carbonyl (C=O) groups excluding carboxylic acids is 1. The van der Waals surface area contributed by atoms with Crippen molar-refractivity contribution in [3.05, 3.63) is 29.9 Å². The number of thiazole rings is 1. The van der Waals surface area contributed by atoms with Gasteiger partial charge in [0.2, 0.25) is 5.91 Å². The van der Waals surface area contributed by atoms with Crippen molar-refractivity contribution in [3.8, 4) is 11.3 Å². The Kier molecular flexibility index (Phi) is 12.1. The molecule has 0 aromatic carbocycles. The lowest BCUT2D eigenvalue weighted by Gasteiger charge is -2.51. The van der Waals surface area contributed by atoms with Crippen LogP contribution in [0.3, 0.4) is 0 Å². The molecule has 2 aromatic rings. The van der Waals surface area contributed by atoms with Gasteiger partial charge in [0, 0.05) is 28.8 Å². The van der Waals surface area contributed by atoms with Crippen LogP contribution in [0.4, 0.5) is 5.13 Å². The summed E-state index contributed by atoms with van der Waals surface area (Å²) < 4.78 is 0. The van der Waals surface area contributed by atoms with Crippen molar-refractivity contribution in [2.45, 2.75) is 100 Å². The van der Waals surface area contributed by atoms with Gasteiger partial charge in [-0.1, -0.05) is 81.1 Å². The zero-order chi connectivity index (χ0) is 24.2. The molecule has 180 valence electrons. The van der Waals surface area contributed by atoms with Crippen LogP contribution in [-0.2, 0) is 4.79 Å². The fraction of sp³-hybridized carbons (Fsp3) is 0.667. The molecule has 32 heavy (non-hydrogen) atoms.